The van der Waals surface area contributed by atoms with Gasteiger partial charge in [-0.2, -0.15) is 0 Å². The van der Waals surface area contributed by atoms with Crippen molar-refractivity contribution in [2.45, 2.75) is 6.54 Å². The summed E-state index contributed by atoms with van der Waals surface area (Å²) in [4.78, 5) is 24.9. The van der Waals surface area contributed by atoms with Crippen molar-refractivity contribution in [2.75, 3.05) is 5.32 Å². The standard InChI is InChI=1S/C23H19N5O2/c29-22(25-16-18-8-6-7-13-24-18)17-14-26-23(27-15-17)28-20-11-4-5-12-21(20)30-19-9-2-1-3-10-19/h1-15H,16H2,(H,25,29)(H,26,27,28). The maximum atomic E-state index is 12.3. The monoisotopic (exact) mass is 397 g/mol. The normalized spacial score (nSPS) is 10.3. The Labute approximate surface area is 173 Å². The summed E-state index contributed by atoms with van der Waals surface area (Å²) in [7, 11) is 0. The van der Waals surface area contributed by atoms with Crippen molar-refractivity contribution >= 4 is 17.5 Å². The number of carbonyl (C=O) groups excluding carboxylic acids is 1. The van der Waals surface area contributed by atoms with Gasteiger partial charge in [-0.05, 0) is 36.4 Å². The molecule has 30 heavy (non-hydrogen) atoms. The van der Waals surface area contributed by atoms with Gasteiger partial charge < -0.3 is 15.4 Å². The molecule has 2 aromatic heterocycles. The number of anilines is 2. The summed E-state index contributed by atoms with van der Waals surface area (Å²) in [6.07, 6.45) is 4.64. The van der Waals surface area contributed by atoms with E-state index in [-0.39, 0.29) is 5.91 Å². The van der Waals surface area contributed by atoms with Crippen LogP contribution in [0.15, 0.2) is 91.4 Å². The van der Waals surface area contributed by atoms with Gasteiger partial charge in [-0.1, -0.05) is 36.4 Å². The fraction of sp³-hybridized carbons (Fsp3) is 0.0435. The highest BCUT2D eigenvalue weighted by atomic mass is 16.5. The topological polar surface area (TPSA) is 89.0 Å². The quantitative estimate of drug-likeness (QED) is 0.482. The third-order valence-electron chi connectivity index (χ3n) is 4.17. The van der Waals surface area contributed by atoms with E-state index in [1.165, 1.54) is 12.4 Å². The van der Waals surface area contributed by atoms with E-state index in [1.807, 2.05) is 72.8 Å². The van der Waals surface area contributed by atoms with E-state index in [0.717, 1.165) is 11.4 Å². The Hall–Kier alpha value is -4.26. The molecular weight excluding hydrogens is 378 g/mol. The molecule has 4 rings (SSSR count). The molecule has 2 N–H and O–H groups in total. The van der Waals surface area contributed by atoms with Crippen molar-refractivity contribution in [3.63, 3.8) is 0 Å². The fourth-order valence-corrected chi connectivity index (χ4v) is 2.68. The fourth-order valence-electron chi connectivity index (χ4n) is 2.68. The second kappa shape index (κ2) is 9.29. The lowest BCUT2D eigenvalue weighted by Gasteiger charge is -2.12. The van der Waals surface area contributed by atoms with Crippen LogP contribution in [0.4, 0.5) is 11.6 Å². The third-order valence-corrected chi connectivity index (χ3v) is 4.17. The molecule has 0 aliphatic rings. The van der Waals surface area contributed by atoms with Crippen molar-refractivity contribution in [2.24, 2.45) is 0 Å². The van der Waals surface area contributed by atoms with Gasteiger partial charge in [-0.15, -0.1) is 0 Å². The summed E-state index contributed by atoms with van der Waals surface area (Å²) in [6.45, 7) is 0.337. The summed E-state index contributed by atoms with van der Waals surface area (Å²) >= 11 is 0. The van der Waals surface area contributed by atoms with E-state index < -0.39 is 0 Å². The molecule has 7 nitrogen and oxygen atoms in total. The van der Waals surface area contributed by atoms with Crippen molar-refractivity contribution in [1.82, 2.24) is 20.3 Å². The van der Waals surface area contributed by atoms with Crippen molar-refractivity contribution in [3.05, 3.63) is 103 Å². The van der Waals surface area contributed by atoms with E-state index >= 15 is 0 Å². The van der Waals surface area contributed by atoms with Gasteiger partial charge in [0.1, 0.15) is 5.75 Å². The first kappa shape index (κ1) is 19.1. The number of aromatic nitrogens is 3. The van der Waals surface area contributed by atoms with E-state index in [0.29, 0.717) is 29.5 Å². The number of amides is 1. The summed E-state index contributed by atoms with van der Waals surface area (Å²) in [5.74, 6) is 1.47. The minimum atomic E-state index is -0.264. The molecule has 148 valence electrons. The molecule has 2 aromatic carbocycles. The summed E-state index contributed by atoms with van der Waals surface area (Å²) < 4.78 is 5.93. The first-order valence-corrected chi connectivity index (χ1v) is 9.37. The Kier molecular flexibility index (Phi) is 5.91. The smallest absolute Gasteiger partial charge is 0.254 e. The number of pyridine rings is 1. The first-order valence-electron chi connectivity index (χ1n) is 9.37. The predicted molar refractivity (Wildman–Crippen MR) is 114 cm³/mol. The number of nitrogens with one attached hydrogen (secondary N) is 2. The molecular formula is C23H19N5O2. The number of rotatable bonds is 7. The van der Waals surface area contributed by atoms with E-state index in [4.69, 9.17) is 4.74 Å². The van der Waals surface area contributed by atoms with Crippen molar-refractivity contribution in [3.8, 4) is 11.5 Å². The maximum Gasteiger partial charge on any atom is 0.254 e. The van der Waals surface area contributed by atoms with Crippen LogP contribution in [-0.4, -0.2) is 20.9 Å². The summed E-state index contributed by atoms with van der Waals surface area (Å²) in [6, 6.07) is 22.6. The Morgan fingerprint density at radius 3 is 2.33 bits per heavy atom. The second-order valence-electron chi connectivity index (χ2n) is 6.34. The zero-order valence-corrected chi connectivity index (χ0v) is 16.0. The van der Waals surface area contributed by atoms with Crippen LogP contribution in [0, 0.1) is 0 Å². The number of nitrogens with zero attached hydrogens (tertiary/aromatic N) is 3. The Bertz CT molecular complexity index is 1100. The van der Waals surface area contributed by atoms with E-state index in [2.05, 4.69) is 25.6 Å². The van der Waals surface area contributed by atoms with Gasteiger partial charge in [0.15, 0.2) is 5.75 Å². The number of hydrogen-bond donors (Lipinski definition) is 2. The van der Waals surface area contributed by atoms with E-state index in [1.54, 1.807) is 6.20 Å². The van der Waals surface area contributed by atoms with Gasteiger partial charge in [0.05, 0.1) is 23.5 Å². The lowest BCUT2D eigenvalue weighted by molar-refractivity contribution is 0.0949. The Morgan fingerprint density at radius 2 is 1.57 bits per heavy atom. The summed E-state index contributed by atoms with van der Waals surface area (Å²) in [5, 5.41) is 5.93. The zero-order chi connectivity index (χ0) is 20.6. The first-order chi connectivity index (χ1) is 14.8. The minimum absolute atomic E-state index is 0.264. The van der Waals surface area contributed by atoms with Crippen LogP contribution in [0.1, 0.15) is 16.1 Å². The molecule has 1 amide bonds. The van der Waals surface area contributed by atoms with Gasteiger partial charge in [0, 0.05) is 18.6 Å². The van der Waals surface area contributed by atoms with Crippen LogP contribution < -0.4 is 15.4 Å². The van der Waals surface area contributed by atoms with Gasteiger partial charge in [-0.25, -0.2) is 9.97 Å². The van der Waals surface area contributed by atoms with Crippen LogP contribution in [0.5, 0.6) is 11.5 Å². The lowest BCUT2D eigenvalue weighted by Crippen LogP contribution is -2.23. The van der Waals surface area contributed by atoms with Crippen LogP contribution in [-0.2, 0) is 6.54 Å². The largest absolute Gasteiger partial charge is 0.455 e. The molecule has 0 radical (unpaired) electrons. The molecule has 0 bridgehead atoms. The molecule has 0 fully saturated rings. The average molecular weight is 397 g/mol. The Morgan fingerprint density at radius 1 is 0.833 bits per heavy atom. The van der Waals surface area contributed by atoms with Gasteiger partial charge >= 0.3 is 0 Å². The Balaban J connectivity index is 1.41. The SMILES string of the molecule is O=C(NCc1ccccn1)c1cnc(Nc2ccccc2Oc2ccccc2)nc1. The maximum absolute atomic E-state index is 12.3. The van der Waals surface area contributed by atoms with Gasteiger partial charge in [0.2, 0.25) is 5.95 Å². The third kappa shape index (κ3) is 4.96. The van der Waals surface area contributed by atoms with Crippen LogP contribution in [0.2, 0.25) is 0 Å². The molecule has 4 aromatic rings. The van der Waals surface area contributed by atoms with Crippen LogP contribution >= 0.6 is 0 Å². The molecule has 7 heteroatoms. The number of carbonyl (C=O) groups is 1. The highest BCUT2D eigenvalue weighted by Gasteiger charge is 2.09. The van der Waals surface area contributed by atoms with Gasteiger partial charge in [-0.3, -0.25) is 9.78 Å². The molecule has 0 aliphatic heterocycles. The zero-order valence-electron chi connectivity index (χ0n) is 16.0. The van der Waals surface area contributed by atoms with Gasteiger partial charge in [0.25, 0.3) is 5.91 Å². The number of para-hydroxylation sites is 3. The summed E-state index contributed by atoms with van der Waals surface area (Å²) in [5.41, 5.74) is 1.86. The molecule has 0 spiro atoms. The molecule has 0 unspecified atom stereocenters. The highest BCUT2D eigenvalue weighted by molar-refractivity contribution is 5.93. The average Bonchev–Trinajstić information content (AvgIpc) is 2.81. The number of ether oxygens (including phenoxy) is 1. The van der Waals surface area contributed by atoms with Crippen LogP contribution in [0.25, 0.3) is 0 Å². The van der Waals surface area contributed by atoms with Crippen molar-refractivity contribution in [1.29, 1.82) is 0 Å². The highest BCUT2D eigenvalue weighted by Crippen LogP contribution is 2.30. The lowest BCUT2D eigenvalue weighted by atomic mass is 10.3. The molecule has 0 saturated carbocycles. The molecule has 0 aliphatic carbocycles. The van der Waals surface area contributed by atoms with E-state index in [9.17, 15) is 4.79 Å². The predicted octanol–water partition coefficient (Wildman–Crippen LogP) is 4.34. The molecule has 0 saturated heterocycles. The van der Waals surface area contributed by atoms with Crippen LogP contribution in [0.3, 0.4) is 0 Å². The van der Waals surface area contributed by atoms with Crippen molar-refractivity contribution < 1.29 is 9.53 Å². The minimum Gasteiger partial charge on any atom is -0.455 e. The second-order valence-corrected chi connectivity index (χ2v) is 6.34. The number of benzene rings is 2. The molecule has 0 atom stereocenters. The molecule has 2 heterocycles. The number of hydrogen-bond acceptors (Lipinski definition) is 6.